The zero-order valence-electron chi connectivity index (χ0n) is 12.0. The molecule has 0 bridgehead atoms. The molecule has 1 saturated carbocycles. The van der Waals surface area contributed by atoms with Crippen LogP contribution in [0.25, 0.3) is 0 Å². The van der Waals surface area contributed by atoms with Gasteiger partial charge in [0.2, 0.25) is 0 Å². The summed E-state index contributed by atoms with van der Waals surface area (Å²) < 4.78 is 0. The lowest BCUT2D eigenvalue weighted by molar-refractivity contribution is 0.321. The second-order valence-corrected chi connectivity index (χ2v) is 7.15. The predicted octanol–water partition coefficient (Wildman–Crippen LogP) is 4.23. The van der Waals surface area contributed by atoms with E-state index >= 15 is 0 Å². The largest absolute Gasteiger partial charge is 0.313 e. The fourth-order valence-corrected chi connectivity index (χ4v) is 2.65. The van der Waals surface area contributed by atoms with Crippen molar-refractivity contribution < 1.29 is 0 Å². The van der Waals surface area contributed by atoms with Gasteiger partial charge in [0.1, 0.15) is 0 Å². The first-order chi connectivity index (χ1) is 7.38. The van der Waals surface area contributed by atoms with E-state index in [0.717, 1.165) is 24.4 Å². The van der Waals surface area contributed by atoms with E-state index in [0.29, 0.717) is 5.41 Å². The van der Waals surface area contributed by atoms with Crippen molar-refractivity contribution in [1.82, 2.24) is 5.32 Å². The topological polar surface area (TPSA) is 12.0 Å². The lowest BCUT2D eigenvalue weighted by Gasteiger charge is -2.24. The molecule has 0 aromatic rings. The molecule has 1 N–H and O–H groups in total. The normalized spacial score (nSPS) is 28.1. The van der Waals surface area contributed by atoms with Crippen LogP contribution in [0.2, 0.25) is 0 Å². The van der Waals surface area contributed by atoms with E-state index in [1.165, 1.54) is 32.1 Å². The second kappa shape index (κ2) is 6.05. The molecule has 1 heteroatoms. The van der Waals surface area contributed by atoms with Crippen molar-refractivity contribution in [1.29, 1.82) is 0 Å². The second-order valence-electron chi connectivity index (χ2n) is 7.15. The standard InChI is InChI=1S/C15H31N/c1-12(2)13-7-6-8-14(10-9-13)16-11-15(3,4)5/h12-14,16H,6-11H2,1-5H3. The highest BCUT2D eigenvalue weighted by atomic mass is 14.9. The Kier molecular flexibility index (Phi) is 5.30. The molecule has 1 fully saturated rings. The fraction of sp³-hybridized carbons (Fsp3) is 1.00. The lowest BCUT2D eigenvalue weighted by Crippen LogP contribution is -2.35. The van der Waals surface area contributed by atoms with Crippen molar-refractivity contribution in [3.63, 3.8) is 0 Å². The Morgan fingerprint density at radius 3 is 2.31 bits per heavy atom. The van der Waals surface area contributed by atoms with Gasteiger partial charge in [-0.15, -0.1) is 0 Å². The first-order valence-electron chi connectivity index (χ1n) is 7.12. The highest BCUT2D eigenvalue weighted by Crippen LogP contribution is 2.29. The van der Waals surface area contributed by atoms with Crippen molar-refractivity contribution in [3.8, 4) is 0 Å². The van der Waals surface area contributed by atoms with Crippen molar-refractivity contribution in [3.05, 3.63) is 0 Å². The number of hydrogen-bond donors (Lipinski definition) is 1. The molecule has 0 heterocycles. The Hall–Kier alpha value is -0.0400. The van der Waals surface area contributed by atoms with Crippen LogP contribution >= 0.6 is 0 Å². The Balaban J connectivity index is 2.30. The molecule has 0 spiro atoms. The van der Waals surface area contributed by atoms with Gasteiger partial charge in [0.05, 0.1) is 0 Å². The SMILES string of the molecule is CC(C)C1CCCC(NCC(C)(C)C)CC1. The average molecular weight is 225 g/mol. The summed E-state index contributed by atoms with van der Waals surface area (Å²) in [6, 6.07) is 0.781. The molecule has 1 aliphatic rings. The van der Waals surface area contributed by atoms with Crippen molar-refractivity contribution in [2.45, 2.75) is 72.8 Å². The van der Waals surface area contributed by atoms with Gasteiger partial charge in [-0.3, -0.25) is 0 Å². The van der Waals surface area contributed by atoms with Gasteiger partial charge in [0.15, 0.2) is 0 Å². The highest BCUT2D eigenvalue weighted by Gasteiger charge is 2.21. The highest BCUT2D eigenvalue weighted by molar-refractivity contribution is 4.78. The fourth-order valence-electron chi connectivity index (χ4n) is 2.65. The third-order valence-corrected chi connectivity index (χ3v) is 3.88. The molecular formula is C15H31N. The maximum atomic E-state index is 3.76. The number of rotatable bonds is 3. The zero-order chi connectivity index (χ0) is 12.2. The molecule has 0 aromatic heterocycles. The van der Waals surface area contributed by atoms with Gasteiger partial charge < -0.3 is 5.32 Å². The van der Waals surface area contributed by atoms with Gasteiger partial charge >= 0.3 is 0 Å². The Morgan fingerprint density at radius 2 is 1.75 bits per heavy atom. The third kappa shape index (κ3) is 5.34. The van der Waals surface area contributed by atoms with Gasteiger partial charge in [-0.2, -0.15) is 0 Å². The molecule has 0 amide bonds. The molecule has 0 aromatic carbocycles. The molecule has 1 rings (SSSR count). The van der Waals surface area contributed by atoms with Gasteiger partial charge in [-0.05, 0) is 36.5 Å². The van der Waals surface area contributed by atoms with Crippen LogP contribution in [0.4, 0.5) is 0 Å². The van der Waals surface area contributed by atoms with Crippen molar-refractivity contribution >= 4 is 0 Å². The van der Waals surface area contributed by atoms with Crippen LogP contribution in [-0.4, -0.2) is 12.6 Å². The summed E-state index contributed by atoms with van der Waals surface area (Å²) in [6.07, 6.45) is 7.08. The Bertz CT molecular complexity index is 190. The van der Waals surface area contributed by atoms with Gasteiger partial charge in [-0.25, -0.2) is 0 Å². The van der Waals surface area contributed by atoms with Crippen LogP contribution in [0.1, 0.15) is 66.7 Å². The summed E-state index contributed by atoms with van der Waals surface area (Å²) in [7, 11) is 0. The Morgan fingerprint density at radius 1 is 1.06 bits per heavy atom. The average Bonchev–Trinajstić information content (AvgIpc) is 2.38. The molecule has 0 aliphatic heterocycles. The predicted molar refractivity (Wildman–Crippen MR) is 72.7 cm³/mol. The lowest BCUT2D eigenvalue weighted by atomic mass is 9.89. The van der Waals surface area contributed by atoms with Crippen LogP contribution in [0.5, 0.6) is 0 Å². The van der Waals surface area contributed by atoms with Crippen LogP contribution < -0.4 is 5.32 Å². The summed E-state index contributed by atoms with van der Waals surface area (Å²) in [4.78, 5) is 0. The number of hydrogen-bond acceptors (Lipinski definition) is 1. The van der Waals surface area contributed by atoms with E-state index in [1.807, 2.05) is 0 Å². The van der Waals surface area contributed by atoms with Crippen LogP contribution in [0.3, 0.4) is 0 Å². The molecule has 0 saturated heterocycles. The zero-order valence-corrected chi connectivity index (χ0v) is 12.0. The van der Waals surface area contributed by atoms with E-state index in [9.17, 15) is 0 Å². The molecular weight excluding hydrogens is 194 g/mol. The summed E-state index contributed by atoms with van der Waals surface area (Å²) in [5.41, 5.74) is 0.420. The first-order valence-corrected chi connectivity index (χ1v) is 7.12. The summed E-state index contributed by atoms with van der Waals surface area (Å²) in [5.74, 6) is 1.85. The van der Waals surface area contributed by atoms with E-state index in [4.69, 9.17) is 0 Å². The molecule has 2 atom stereocenters. The summed E-state index contributed by atoms with van der Waals surface area (Å²) in [6.45, 7) is 12.9. The summed E-state index contributed by atoms with van der Waals surface area (Å²) in [5, 5.41) is 3.76. The maximum absolute atomic E-state index is 3.76. The smallest absolute Gasteiger partial charge is 0.00673 e. The minimum absolute atomic E-state index is 0.420. The first kappa shape index (κ1) is 14.0. The molecule has 16 heavy (non-hydrogen) atoms. The minimum atomic E-state index is 0.420. The third-order valence-electron chi connectivity index (χ3n) is 3.88. The Labute approximate surface area is 102 Å². The molecule has 96 valence electrons. The molecule has 1 nitrogen and oxygen atoms in total. The van der Waals surface area contributed by atoms with Gasteiger partial charge in [0.25, 0.3) is 0 Å². The monoisotopic (exact) mass is 225 g/mol. The van der Waals surface area contributed by atoms with Crippen LogP contribution in [0.15, 0.2) is 0 Å². The van der Waals surface area contributed by atoms with Gasteiger partial charge in [0, 0.05) is 12.6 Å². The summed E-state index contributed by atoms with van der Waals surface area (Å²) >= 11 is 0. The molecule has 2 unspecified atom stereocenters. The van der Waals surface area contributed by atoms with Crippen molar-refractivity contribution in [2.75, 3.05) is 6.54 Å². The number of nitrogens with one attached hydrogen (secondary N) is 1. The van der Waals surface area contributed by atoms with Crippen LogP contribution in [0, 0.1) is 17.3 Å². The van der Waals surface area contributed by atoms with E-state index in [1.54, 1.807) is 0 Å². The van der Waals surface area contributed by atoms with E-state index in [-0.39, 0.29) is 0 Å². The van der Waals surface area contributed by atoms with Crippen LogP contribution in [-0.2, 0) is 0 Å². The molecule has 1 aliphatic carbocycles. The van der Waals surface area contributed by atoms with E-state index < -0.39 is 0 Å². The van der Waals surface area contributed by atoms with Crippen molar-refractivity contribution in [2.24, 2.45) is 17.3 Å². The minimum Gasteiger partial charge on any atom is -0.313 e. The quantitative estimate of drug-likeness (QED) is 0.709. The maximum Gasteiger partial charge on any atom is 0.00673 e. The molecule has 0 radical (unpaired) electrons. The van der Waals surface area contributed by atoms with Gasteiger partial charge in [-0.1, -0.05) is 47.5 Å². The van der Waals surface area contributed by atoms with E-state index in [2.05, 4.69) is 39.9 Å².